The van der Waals surface area contributed by atoms with Gasteiger partial charge in [-0.2, -0.15) is 0 Å². The van der Waals surface area contributed by atoms with E-state index in [0.717, 1.165) is 0 Å². The third kappa shape index (κ3) is 1.13. The molecule has 1 aromatic rings. The first-order chi connectivity index (χ1) is 4.20. The van der Waals surface area contributed by atoms with Gasteiger partial charge in [0.15, 0.2) is 0 Å². The molecule has 2 heteroatoms. The summed E-state index contributed by atoms with van der Waals surface area (Å²) >= 11 is 0. The second kappa shape index (κ2) is 1.97. The van der Waals surface area contributed by atoms with Crippen LogP contribution in [0.2, 0.25) is 0 Å². The number of rotatable bonds is 0. The molecule has 0 saturated carbocycles. The summed E-state index contributed by atoms with van der Waals surface area (Å²) in [5.74, 6) is 0.0538. The van der Waals surface area contributed by atoms with Gasteiger partial charge in [0.1, 0.15) is 11.5 Å². The van der Waals surface area contributed by atoms with Crippen LogP contribution < -0.4 is 0 Å². The maximum absolute atomic E-state index is 8.81. The lowest BCUT2D eigenvalue weighted by Crippen LogP contribution is -1.71. The van der Waals surface area contributed by atoms with E-state index in [1.807, 2.05) is 0 Å². The van der Waals surface area contributed by atoms with Gasteiger partial charge < -0.3 is 10.2 Å². The van der Waals surface area contributed by atoms with Crippen molar-refractivity contribution < 1.29 is 10.2 Å². The smallest absolute Gasteiger partial charge is 0.119 e. The predicted octanol–water partition coefficient (Wildman–Crippen LogP) is 1.16. The molecule has 0 aliphatic heterocycles. The quantitative estimate of drug-likeness (QED) is 0.507. The van der Waals surface area contributed by atoms with Crippen molar-refractivity contribution >= 4 is 0 Å². The van der Waals surface area contributed by atoms with Crippen LogP contribution in [0.3, 0.4) is 0 Å². The van der Waals surface area contributed by atoms with Crippen molar-refractivity contribution in [3.63, 3.8) is 0 Å². The summed E-state index contributed by atoms with van der Waals surface area (Å²) in [4.78, 5) is 0. The Morgan fingerprint density at radius 3 is 2.33 bits per heavy atom. The summed E-state index contributed by atoms with van der Waals surface area (Å²) in [6.45, 7) is 5.21. The molecule has 2 radical (unpaired) electrons. The predicted molar refractivity (Wildman–Crippen MR) is 33.2 cm³/mol. The maximum Gasteiger partial charge on any atom is 0.119 e. The number of phenolic OH excluding ortho intramolecular Hbond substituents is 2. The molecule has 1 aromatic carbocycles. The molecule has 1 rings (SSSR count). The highest BCUT2D eigenvalue weighted by molar-refractivity contribution is 5.39. The fourth-order valence-corrected chi connectivity index (χ4v) is 0.542. The first-order valence-electron chi connectivity index (χ1n) is 2.47. The van der Waals surface area contributed by atoms with Gasteiger partial charge >= 0.3 is 0 Å². The molecular weight excluding hydrogens is 116 g/mol. The van der Waals surface area contributed by atoms with Crippen LogP contribution >= 0.6 is 0 Å². The molecular formula is C7H6O2. The van der Waals surface area contributed by atoms with Gasteiger partial charge in [-0.25, -0.2) is 0 Å². The second-order valence-electron chi connectivity index (χ2n) is 1.74. The van der Waals surface area contributed by atoms with Crippen LogP contribution in [-0.2, 0) is 0 Å². The molecule has 0 amide bonds. The SMILES string of the molecule is [CH]c1cc(O)ccc1O. The summed E-state index contributed by atoms with van der Waals surface area (Å²) in [6, 6.07) is 3.99. The van der Waals surface area contributed by atoms with Crippen LogP contribution in [0.4, 0.5) is 0 Å². The molecule has 9 heavy (non-hydrogen) atoms. The fourth-order valence-electron chi connectivity index (χ4n) is 0.542. The van der Waals surface area contributed by atoms with Gasteiger partial charge in [0, 0.05) is 12.5 Å². The molecule has 0 aliphatic rings. The van der Waals surface area contributed by atoms with Crippen molar-refractivity contribution in [2.45, 2.75) is 0 Å². The highest BCUT2D eigenvalue weighted by Gasteiger charge is 1.93. The monoisotopic (exact) mass is 122 g/mol. The minimum atomic E-state index is -0.00667. The van der Waals surface area contributed by atoms with E-state index in [1.54, 1.807) is 0 Å². The molecule has 0 spiro atoms. The Bertz CT molecular complexity index is 218. The van der Waals surface area contributed by atoms with E-state index in [4.69, 9.17) is 17.1 Å². The second-order valence-corrected chi connectivity index (χ2v) is 1.74. The Balaban J connectivity index is 3.17. The van der Waals surface area contributed by atoms with Crippen molar-refractivity contribution in [3.8, 4) is 11.5 Å². The van der Waals surface area contributed by atoms with Gasteiger partial charge in [-0.05, 0) is 18.2 Å². The molecule has 0 saturated heterocycles. The van der Waals surface area contributed by atoms with Crippen molar-refractivity contribution in [3.05, 3.63) is 30.7 Å². The average molecular weight is 122 g/mol. The summed E-state index contributed by atoms with van der Waals surface area (Å²) in [5, 5.41) is 17.6. The van der Waals surface area contributed by atoms with Crippen molar-refractivity contribution in [1.29, 1.82) is 0 Å². The van der Waals surface area contributed by atoms with Crippen molar-refractivity contribution in [2.75, 3.05) is 0 Å². The number of hydrogen-bond acceptors (Lipinski definition) is 2. The molecule has 2 nitrogen and oxygen atoms in total. The third-order valence-corrected chi connectivity index (χ3v) is 1.01. The molecule has 0 unspecified atom stereocenters. The molecule has 0 bridgehead atoms. The van der Waals surface area contributed by atoms with Crippen LogP contribution in [0.1, 0.15) is 5.56 Å². The van der Waals surface area contributed by atoms with E-state index in [0.29, 0.717) is 0 Å². The van der Waals surface area contributed by atoms with E-state index < -0.39 is 0 Å². The lowest BCUT2D eigenvalue weighted by Gasteiger charge is -1.95. The van der Waals surface area contributed by atoms with Crippen LogP contribution in [0, 0.1) is 6.92 Å². The minimum Gasteiger partial charge on any atom is -0.508 e. The van der Waals surface area contributed by atoms with Crippen molar-refractivity contribution in [2.24, 2.45) is 0 Å². The summed E-state index contributed by atoms with van der Waals surface area (Å²) < 4.78 is 0. The van der Waals surface area contributed by atoms with Crippen molar-refractivity contribution in [1.82, 2.24) is 0 Å². The Morgan fingerprint density at radius 1 is 1.22 bits per heavy atom. The highest BCUT2D eigenvalue weighted by Crippen LogP contribution is 2.19. The molecule has 2 N–H and O–H groups in total. The topological polar surface area (TPSA) is 40.5 Å². The first kappa shape index (κ1) is 5.95. The molecule has 46 valence electrons. The fraction of sp³-hybridized carbons (Fsp3) is 0. The highest BCUT2D eigenvalue weighted by atomic mass is 16.3. The van der Waals surface area contributed by atoms with E-state index in [1.165, 1.54) is 18.2 Å². The van der Waals surface area contributed by atoms with Gasteiger partial charge in [0.05, 0.1) is 0 Å². The first-order valence-corrected chi connectivity index (χ1v) is 2.47. The lowest BCUT2D eigenvalue weighted by atomic mass is 10.2. The van der Waals surface area contributed by atoms with Gasteiger partial charge in [-0.3, -0.25) is 0 Å². The Hall–Kier alpha value is -1.18. The molecule has 0 heterocycles. The zero-order valence-electron chi connectivity index (χ0n) is 4.70. The normalized spacial score (nSPS) is 9.44. The van der Waals surface area contributed by atoms with Gasteiger partial charge in [-0.15, -0.1) is 0 Å². The number of benzene rings is 1. The number of hydrogen-bond donors (Lipinski definition) is 2. The van der Waals surface area contributed by atoms with Crippen LogP contribution in [0.25, 0.3) is 0 Å². The number of phenols is 2. The van der Waals surface area contributed by atoms with E-state index >= 15 is 0 Å². The van der Waals surface area contributed by atoms with Gasteiger partial charge in [0.25, 0.3) is 0 Å². The van der Waals surface area contributed by atoms with Crippen LogP contribution in [-0.4, -0.2) is 10.2 Å². The Kier molecular flexibility index (Phi) is 1.30. The molecule has 0 aromatic heterocycles. The van der Waals surface area contributed by atoms with Crippen LogP contribution in [0.15, 0.2) is 18.2 Å². The summed E-state index contributed by atoms with van der Waals surface area (Å²) in [7, 11) is 0. The summed E-state index contributed by atoms with van der Waals surface area (Å²) in [6.07, 6.45) is 0. The minimum absolute atomic E-state index is 0.00667. The largest absolute Gasteiger partial charge is 0.508 e. The van der Waals surface area contributed by atoms with E-state index in [2.05, 4.69) is 0 Å². The zero-order chi connectivity index (χ0) is 6.85. The van der Waals surface area contributed by atoms with Crippen LogP contribution in [0.5, 0.6) is 11.5 Å². The lowest BCUT2D eigenvalue weighted by molar-refractivity contribution is 0.458. The Labute approximate surface area is 53.4 Å². The molecule has 0 fully saturated rings. The van der Waals surface area contributed by atoms with E-state index in [-0.39, 0.29) is 17.1 Å². The standard InChI is InChI=1S/C7H6O2/c1-5-4-6(8)2-3-7(5)9/h1-4,8-9H. The van der Waals surface area contributed by atoms with E-state index in [9.17, 15) is 0 Å². The maximum atomic E-state index is 8.81. The molecule has 0 aliphatic carbocycles. The van der Waals surface area contributed by atoms with Gasteiger partial charge in [0.2, 0.25) is 0 Å². The molecule has 0 atom stereocenters. The number of aromatic hydroxyl groups is 2. The average Bonchev–Trinajstić information content (AvgIpc) is 1.80. The Morgan fingerprint density at radius 2 is 1.89 bits per heavy atom. The zero-order valence-corrected chi connectivity index (χ0v) is 4.70. The third-order valence-electron chi connectivity index (χ3n) is 1.01. The summed E-state index contributed by atoms with van der Waals surface area (Å²) in [5.41, 5.74) is 0.190. The van der Waals surface area contributed by atoms with Gasteiger partial charge in [-0.1, -0.05) is 0 Å².